The van der Waals surface area contributed by atoms with Crippen LogP contribution in [0.3, 0.4) is 0 Å². The molecule has 0 saturated carbocycles. The van der Waals surface area contributed by atoms with E-state index in [1.807, 2.05) is 6.92 Å². The van der Waals surface area contributed by atoms with Crippen molar-refractivity contribution in [3.63, 3.8) is 0 Å². The molecule has 0 aromatic heterocycles. The van der Waals surface area contributed by atoms with Crippen LogP contribution < -0.4 is 5.73 Å². The molecule has 1 atom stereocenters. The van der Waals surface area contributed by atoms with E-state index in [1.54, 1.807) is 0 Å². The molecule has 0 aliphatic heterocycles. The minimum absolute atomic E-state index is 0. The highest BCUT2D eigenvalue weighted by atomic mass is 35.5. The van der Waals surface area contributed by atoms with Gasteiger partial charge in [0.2, 0.25) is 0 Å². The first-order chi connectivity index (χ1) is 6.50. The lowest BCUT2D eigenvalue weighted by atomic mass is 10.0. The van der Waals surface area contributed by atoms with Crippen LogP contribution in [0.25, 0.3) is 0 Å². The third-order valence-electron chi connectivity index (χ3n) is 1.93. The Morgan fingerprint density at radius 3 is 2.73 bits per heavy atom. The maximum atomic E-state index is 12.9. The quantitative estimate of drug-likeness (QED) is 0.809. The lowest BCUT2D eigenvalue weighted by molar-refractivity contribution is 0.618. The lowest BCUT2D eigenvalue weighted by Crippen LogP contribution is -2.11. The van der Waals surface area contributed by atoms with Crippen LogP contribution in [0, 0.1) is 5.82 Å². The molecule has 84 valence electrons. The van der Waals surface area contributed by atoms with Gasteiger partial charge in [0, 0.05) is 11.1 Å². The zero-order valence-corrected chi connectivity index (χ0v) is 10.0. The fourth-order valence-corrected chi connectivity index (χ4v) is 1.54. The zero-order valence-electron chi connectivity index (χ0n) is 8.47. The van der Waals surface area contributed by atoms with Gasteiger partial charge >= 0.3 is 0 Å². The summed E-state index contributed by atoms with van der Waals surface area (Å²) in [7, 11) is 0. The van der Waals surface area contributed by atoms with E-state index < -0.39 is 0 Å². The van der Waals surface area contributed by atoms with E-state index >= 15 is 0 Å². The smallest absolute Gasteiger partial charge is 0.123 e. The molecular weight excluding hydrogens is 236 g/mol. The first-order valence-corrected chi connectivity index (χ1v) is 4.73. The van der Waals surface area contributed by atoms with E-state index in [0.29, 0.717) is 17.0 Å². The summed E-state index contributed by atoms with van der Waals surface area (Å²) in [6, 6.07) is 3.93. The molecule has 0 aliphatic rings. The van der Waals surface area contributed by atoms with Crippen LogP contribution in [0.1, 0.15) is 24.9 Å². The van der Waals surface area contributed by atoms with Crippen LogP contribution >= 0.6 is 24.0 Å². The van der Waals surface area contributed by atoms with Crippen LogP contribution in [0.2, 0.25) is 5.02 Å². The molecule has 0 bridgehead atoms. The summed E-state index contributed by atoms with van der Waals surface area (Å²) >= 11 is 5.90. The topological polar surface area (TPSA) is 26.0 Å². The number of rotatable bonds is 3. The fourth-order valence-electron chi connectivity index (χ4n) is 1.28. The Bertz CT molecular complexity index is 352. The van der Waals surface area contributed by atoms with Gasteiger partial charge in [-0.25, -0.2) is 4.39 Å². The average Bonchev–Trinajstić information content (AvgIpc) is 2.08. The lowest BCUT2D eigenvalue weighted by Gasteiger charge is -2.13. The third-order valence-corrected chi connectivity index (χ3v) is 2.27. The second-order valence-electron chi connectivity index (χ2n) is 3.43. The van der Waals surface area contributed by atoms with Gasteiger partial charge in [-0.15, -0.1) is 19.0 Å². The number of hydrogen-bond acceptors (Lipinski definition) is 1. The van der Waals surface area contributed by atoms with Gasteiger partial charge in [-0.2, -0.15) is 0 Å². The van der Waals surface area contributed by atoms with Gasteiger partial charge in [0.25, 0.3) is 0 Å². The Balaban J connectivity index is 0.00000196. The molecule has 0 aliphatic carbocycles. The third kappa shape index (κ3) is 4.20. The van der Waals surface area contributed by atoms with Gasteiger partial charge in [-0.3, -0.25) is 0 Å². The van der Waals surface area contributed by atoms with Gasteiger partial charge in [0.05, 0.1) is 0 Å². The number of hydrogen-bond donors (Lipinski definition) is 1. The predicted octanol–water partition coefficient (Wildman–Crippen LogP) is 3.87. The molecule has 0 heterocycles. The molecule has 0 unspecified atom stereocenters. The van der Waals surface area contributed by atoms with E-state index in [0.717, 1.165) is 5.57 Å². The van der Waals surface area contributed by atoms with Crippen LogP contribution in [0.5, 0.6) is 0 Å². The van der Waals surface area contributed by atoms with Crippen molar-refractivity contribution in [1.82, 2.24) is 0 Å². The first-order valence-electron chi connectivity index (χ1n) is 4.35. The molecule has 4 heteroatoms. The summed E-state index contributed by atoms with van der Waals surface area (Å²) < 4.78 is 12.9. The summed E-state index contributed by atoms with van der Waals surface area (Å²) in [6.45, 7) is 5.64. The Morgan fingerprint density at radius 2 is 2.20 bits per heavy atom. The first kappa shape index (κ1) is 14.4. The Labute approximate surface area is 101 Å². The Hall–Kier alpha value is -0.570. The van der Waals surface area contributed by atoms with Crippen molar-refractivity contribution in [3.05, 3.63) is 46.8 Å². The molecule has 0 saturated heterocycles. The normalized spacial score (nSPS) is 11.7. The molecule has 1 rings (SSSR count). The largest absolute Gasteiger partial charge is 0.324 e. The zero-order chi connectivity index (χ0) is 10.7. The van der Waals surface area contributed by atoms with Gasteiger partial charge in [-0.05, 0) is 37.1 Å². The minimum Gasteiger partial charge on any atom is -0.324 e. The summed E-state index contributed by atoms with van der Waals surface area (Å²) in [5.74, 6) is -0.318. The minimum atomic E-state index is -0.318. The van der Waals surface area contributed by atoms with Gasteiger partial charge < -0.3 is 5.73 Å². The van der Waals surface area contributed by atoms with E-state index in [-0.39, 0.29) is 24.3 Å². The van der Waals surface area contributed by atoms with E-state index in [9.17, 15) is 4.39 Å². The summed E-state index contributed by atoms with van der Waals surface area (Å²) in [5.41, 5.74) is 7.44. The highest BCUT2D eigenvalue weighted by Crippen LogP contribution is 2.25. The van der Waals surface area contributed by atoms with Gasteiger partial charge in [-0.1, -0.05) is 17.2 Å². The second-order valence-corrected chi connectivity index (χ2v) is 3.84. The number of benzene rings is 1. The molecule has 2 N–H and O–H groups in total. The number of nitrogens with two attached hydrogens (primary N) is 1. The second kappa shape index (κ2) is 6.11. The van der Waals surface area contributed by atoms with Crippen molar-refractivity contribution in [2.75, 3.05) is 0 Å². The van der Waals surface area contributed by atoms with Crippen molar-refractivity contribution in [3.8, 4) is 0 Å². The monoisotopic (exact) mass is 249 g/mol. The standard InChI is InChI=1S/C11H13ClFN.ClH/c1-7(2)5-11(14)9-6-8(13)3-4-10(9)12;/h3-4,6,11H,1,5,14H2,2H3;1H/t11-;/m1./s1. The summed E-state index contributed by atoms with van der Waals surface area (Å²) in [5, 5.41) is 0.500. The Morgan fingerprint density at radius 1 is 1.60 bits per heavy atom. The molecule has 1 nitrogen and oxygen atoms in total. The van der Waals surface area contributed by atoms with Crippen LogP contribution in [0.4, 0.5) is 4.39 Å². The summed E-state index contributed by atoms with van der Waals surface area (Å²) in [6.07, 6.45) is 0.614. The summed E-state index contributed by atoms with van der Waals surface area (Å²) in [4.78, 5) is 0. The predicted molar refractivity (Wildman–Crippen MR) is 65.0 cm³/mol. The fraction of sp³-hybridized carbons (Fsp3) is 0.273. The van der Waals surface area contributed by atoms with E-state index in [1.165, 1.54) is 18.2 Å². The molecule has 0 amide bonds. The molecular formula is C11H14Cl2FN. The van der Waals surface area contributed by atoms with Crippen molar-refractivity contribution < 1.29 is 4.39 Å². The van der Waals surface area contributed by atoms with Crippen molar-refractivity contribution in [2.45, 2.75) is 19.4 Å². The van der Waals surface area contributed by atoms with Gasteiger partial charge in [0.15, 0.2) is 0 Å². The highest BCUT2D eigenvalue weighted by molar-refractivity contribution is 6.31. The average molecular weight is 250 g/mol. The SMILES string of the molecule is C=C(C)C[C@@H](N)c1cc(F)ccc1Cl.Cl. The van der Waals surface area contributed by atoms with E-state index in [4.69, 9.17) is 17.3 Å². The van der Waals surface area contributed by atoms with Crippen molar-refractivity contribution >= 4 is 24.0 Å². The number of halogens is 3. The molecule has 0 spiro atoms. The van der Waals surface area contributed by atoms with Crippen molar-refractivity contribution in [1.29, 1.82) is 0 Å². The molecule has 1 aromatic carbocycles. The highest BCUT2D eigenvalue weighted by Gasteiger charge is 2.10. The molecule has 0 radical (unpaired) electrons. The Kier molecular flexibility index (Phi) is 5.88. The van der Waals surface area contributed by atoms with Crippen LogP contribution in [-0.4, -0.2) is 0 Å². The maximum absolute atomic E-state index is 12.9. The van der Waals surface area contributed by atoms with Gasteiger partial charge in [0.1, 0.15) is 5.82 Å². The van der Waals surface area contributed by atoms with Crippen molar-refractivity contribution in [2.24, 2.45) is 5.73 Å². The van der Waals surface area contributed by atoms with Crippen LogP contribution in [-0.2, 0) is 0 Å². The molecule has 15 heavy (non-hydrogen) atoms. The van der Waals surface area contributed by atoms with Crippen LogP contribution in [0.15, 0.2) is 30.4 Å². The molecule has 0 fully saturated rings. The van der Waals surface area contributed by atoms with E-state index in [2.05, 4.69) is 6.58 Å². The maximum Gasteiger partial charge on any atom is 0.123 e. The molecule has 1 aromatic rings.